The molecule has 0 atom stereocenters. The molecule has 0 aliphatic heterocycles. The van der Waals surface area contributed by atoms with Gasteiger partial charge < -0.3 is 20.7 Å². The molecule has 0 bridgehead atoms. The van der Waals surface area contributed by atoms with Crippen LogP contribution < -0.4 is 16.0 Å². The molecule has 0 radical (unpaired) electrons. The lowest BCUT2D eigenvalue weighted by Crippen LogP contribution is -2.39. The fraction of sp³-hybridized carbons (Fsp3) is 0.500. The number of nitrogens with zero attached hydrogens (tertiary/aromatic N) is 4. The zero-order valence-electron chi connectivity index (χ0n) is 18.0. The van der Waals surface area contributed by atoms with Crippen molar-refractivity contribution in [1.29, 1.82) is 0 Å². The van der Waals surface area contributed by atoms with Crippen LogP contribution >= 0.6 is 24.0 Å². The fourth-order valence-electron chi connectivity index (χ4n) is 2.37. The first-order chi connectivity index (χ1) is 13.9. The Balaban J connectivity index is 0.00000450. The minimum absolute atomic E-state index is 0. The Morgan fingerprint density at radius 2 is 1.97 bits per heavy atom. The molecule has 0 unspecified atom stereocenters. The number of aromatic nitrogens is 3. The molecule has 2 heterocycles. The molecule has 166 valence electrons. The normalized spacial score (nSPS) is 11.4. The maximum Gasteiger partial charge on any atom is 0.407 e. The highest BCUT2D eigenvalue weighted by molar-refractivity contribution is 14.0. The molecule has 0 spiro atoms. The van der Waals surface area contributed by atoms with Crippen LogP contribution in [0.25, 0.3) is 5.82 Å². The Morgan fingerprint density at radius 3 is 2.57 bits per heavy atom. The molecule has 0 fully saturated rings. The van der Waals surface area contributed by atoms with E-state index < -0.39 is 11.7 Å². The third kappa shape index (κ3) is 9.90. The Hall–Kier alpha value is -2.37. The van der Waals surface area contributed by atoms with Crippen LogP contribution in [-0.2, 0) is 11.3 Å². The molecule has 1 amide bonds. The average Bonchev–Trinajstić information content (AvgIpc) is 3.19. The predicted octanol–water partition coefficient (Wildman–Crippen LogP) is 2.86. The Morgan fingerprint density at radius 1 is 1.20 bits per heavy atom. The predicted molar refractivity (Wildman–Crippen MR) is 128 cm³/mol. The summed E-state index contributed by atoms with van der Waals surface area (Å²) in [4.78, 5) is 24.7. The Bertz CT molecular complexity index is 771. The van der Waals surface area contributed by atoms with Crippen LogP contribution in [0.5, 0.6) is 0 Å². The molecule has 0 aliphatic rings. The van der Waals surface area contributed by atoms with Crippen LogP contribution in [0.15, 0.2) is 42.0 Å². The standard InChI is InChI=1S/C20H31N7O2.HI/c1-5-22-18(23-9-6-10-24-19(28)29-20(2,3)4)26-14-16-7-8-17(25-13-16)27-12-11-21-15-27;/h7-8,11-13,15H,5-6,9-10,14H2,1-4H3,(H,24,28)(H2,22,23,26);1H. The second-order valence-corrected chi connectivity index (χ2v) is 7.40. The van der Waals surface area contributed by atoms with Gasteiger partial charge >= 0.3 is 6.09 Å². The summed E-state index contributed by atoms with van der Waals surface area (Å²) in [6.07, 6.45) is 7.45. The summed E-state index contributed by atoms with van der Waals surface area (Å²) in [5, 5.41) is 9.22. The maximum atomic E-state index is 11.6. The van der Waals surface area contributed by atoms with E-state index in [2.05, 4.69) is 30.9 Å². The van der Waals surface area contributed by atoms with Crippen molar-refractivity contribution >= 4 is 36.0 Å². The molecule has 3 N–H and O–H groups in total. The third-order valence-electron chi connectivity index (χ3n) is 3.66. The van der Waals surface area contributed by atoms with Gasteiger partial charge in [0, 0.05) is 38.2 Å². The topological polar surface area (TPSA) is 105 Å². The number of pyridine rings is 1. The van der Waals surface area contributed by atoms with Gasteiger partial charge in [-0.15, -0.1) is 24.0 Å². The molecule has 2 aromatic heterocycles. The molecular weight excluding hydrogens is 497 g/mol. The van der Waals surface area contributed by atoms with Crippen molar-refractivity contribution in [3.8, 4) is 5.82 Å². The van der Waals surface area contributed by atoms with Crippen molar-refractivity contribution in [2.24, 2.45) is 4.99 Å². The number of carbonyl (C=O) groups excluding carboxylic acids is 1. The van der Waals surface area contributed by atoms with Gasteiger partial charge in [-0.3, -0.25) is 4.57 Å². The van der Waals surface area contributed by atoms with Crippen LogP contribution in [0.1, 0.15) is 39.7 Å². The van der Waals surface area contributed by atoms with Crippen molar-refractivity contribution < 1.29 is 9.53 Å². The minimum atomic E-state index is -0.487. The fourth-order valence-corrected chi connectivity index (χ4v) is 2.37. The van der Waals surface area contributed by atoms with E-state index in [0.717, 1.165) is 30.3 Å². The number of rotatable bonds is 8. The number of amides is 1. The Labute approximate surface area is 195 Å². The number of halogens is 1. The zero-order chi connectivity index (χ0) is 21.1. The number of hydrogen-bond donors (Lipinski definition) is 3. The van der Waals surface area contributed by atoms with E-state index in [-0.39, 0.29) is 24.0 Å². The number of hydrogen-bond acceptors (Lipinski definition) is 5. The van der Waals surface area contributed by atoms with Gasteiger partial charge in [0.15, 0.2) is 5.96 Å². The van der Waals surface area contributed by atoms with E-state index in [1.54, 1.807) is 12.5 Å². The zero-order valence-corrected chi connectivity index (χ0v) is 20.3. The van der Waals surface area contributed by atoms with Gasteiger partial charge in [-0.05, 0) is 45.7 Å². The van der Waals surface area contributed by atoms with Gasteiger partial charge in [-0.2, -0.15) is 0 Å². The van der Waals surface area contributed by atoms with Gasteiger partial charge in [0.05, 0.1) is 6.54 Å². The first-order valence-corrected chi connectivity index (χ1v) is 9.79. The highest BCUT2D eigenvalue weighted by Gasteiger charge is 2.15. The molecule has 0 aliphatic carbocycles. The SMILES string of the molecule is CCNC(=NCc1ccc(-n2ccnc2)nc1)NCCCNC(=O)OC(C)(C)C.I. The molecule has 0 saturated heterocycles. The largest absolute Gasteiger partial charge is 0.444 e. The summed E-state index contributed by atoms with van der Waals surface area (Å²) in [7, 11) is 0. The molecular formula is C20H32IN7O2. The van der Waals surface area contributed by atoms with Crippen molar-refractivity contribution in [2.75, 3.05) is 19.6 Å². The molecule has 0 saturated carbocycles. The number of nitrogens with one attached hydrogen (secondary N) is 3. The van der Waals surface area contributed by atoms with Crippen LogP contribution in [0, 0.1) is 0 Å². The number of ether oxygens (including phenoxy) is 1. The lowest BCUT2D eigenvalue weighted by atomic mass is 10.2. The van der Waals surface area contributed by atoms with Crippen molar-refractivity contribution in [2.45, 2.75) is 46.3 Å². The smallest absolute Gasteiger partial charge is 0.407 e. The molecule has 2 rings (SSSR count). The summed E-state index contributed by atoms with van der Waals surface area (Å²) >= 11 is 0. The van der Waals surface area contributed by atoms with E-state index in [9.17, 15) is 4.79 Å². The van der Waals surface area contributed by atoms with Gasteiger partial charge in [0.25, 0.3) is 0 Å². The molecule has 30 heavy (non-hydrogen) atoms. The molecule has 0 aromatic carbocycles. The lowest BCUT2D eigenvalue weighted by Gasteiger charge is -2.19. The number of alkyl carbamates (subject to hydrolysis) is 1. The van der Waals surface area contributed by atoms with Crippen LogP contribution in [-0.4, -0.2) is 51.8 Å². The van der Waals surface area contributed by atoms with Gasteiger partial charge in [-0.25, -0.2) is 19.8 Å². The van der Waals surface area contributed by atoms with Crippen LogP contribution in [0.4, 0.5) is 4.79 Å². The summed E-state index contributed by atoms with van der Waals surface area (Å²) in [5.41, 5.74) is 0.525. The van der Waals surface area contributed by atoms with Gasteiger partial charge in [0.2, 0.25) is 0 Å². The number of imidazole rings is 1. The number of carbonyl (C=O) groups is 1. The number of aliphatic imine (C=N–C) groups is 1. The van der Waals surface area contributed by atoms with Gasteiger partial charge in [-0.1, -0.05) is 6.07 Å². The minimum Gasteiger partial charge on any atom is -0.444 e. The first kappa shape index (κ1) is 25.7. The Kier molecular flexibility index (Phi) is 11.2. The summed E-state index contributed by atoms with van der Waals surface area (Å²) in [6, 6.07) is 3.94. The second-order valence-electron chi connectivity index (χ2n) is 7.40. The van der Waals surface area contributed by atoms with E-state index in [4.69, 9.17) is 4.74 Å². The average molecular weight is 529 g/mol. The third-order valence-corrected chi connectivity index (χ3v) is 3.66. The summed E-state index contributed by atoms with van der Waals surface area (Å²) in [5.74, 6) is 1.54. The number of guanidine groups is 1. The van der Waals surface area contributed by atoms with Crippen molar-refractivity contribution in [3.63, 3.8) is 0 Å². The second kappa shape index (κ2) is 13.0. The van der Waals surface area contributed by atoms with E-state index in [1.165, 1.54) is 0 Å². The van der Waals surface area contributed by atoms with Crippen LogP contribution in [0.2, 0.25) is 0 Å². The van der Waals surface area contributed by atoms with E-state index in [1.807, 2.05) is 56.8 Å². The van der Waals surface area contributed by atoms with Crippen LogP contribution in [0.3, 0.4) is 0 Å². The van der Waals surface area contributed by atoms with Gasteiger partial charge in [0.1, 0.15) is 17.7 Å². The first-order valence-electron chi connectivity index (χ1n) is 9.79. The highest BCUT2D eigenvalue weighted by atomic mass is 127. The maximum absolute atomic E-state index is 11.6. The summed E-state index contributed by atoms with van der Waals surface area (Å²) in [6.45, 7) is 10.0. The molecule has 10 heteroatoms. The van der Waals surface area contributed by atoms with E-state index >= 15 is 0 Å². The van der Waals surface area contributed by atoms with Crippen molar-refractivity contribution in [3.05, 3.63) is 42.6 Å². The monoisotopic (exact) mass is 529 g/mol. The lowest BCUT2D eigenvalue weighted by molar-refractivity contribution is 0.0527. The summed E-state index contributed by atoms with van der Waals surface area (Å²) < 4.78 is 7.06. The molecule has 9 nitrogen and oxygen atoms in total. The van der Waals surface area contributed by atoms with E-state index in [0.29, 0.717) is 19.6 Å². The highest BCUT2D eigenvalue weighted by Crippen LogP contribution is 2.07. The van der Waals surface area contributed by atoms with Crippen molar-refractivity contribution in [1.82, 2.24) is 30.5 Å². The quantitative estimate of drug-likeness (QED) is 0.210. The molecule has 2 aromatic rings.